The fourth-order valence-corrected chi connectivity index (χ4v) is 2.63. The van der Waals surface area contributed by atoms with Gasteiger partial charge in [-0.05, 0) is 51.6 Å². The average molecular weight is 276 g/mol. The number of benzene rings is 1. The standard InChI is InChI=1S/C15H24N4O/c1-3-17-15(20)13-7-6-11(16)9-14(13)18-10-12-5-4-8-19(12)2/h6-7,9,12,18H,3-5,8,10,16H2,1-2H3,(H,17,20). The van der Waals surface area contributed by atoms with Gasteiger partial charge in [-0.25, -0.2) is 0 Å². The van der Waals surface area contributed by atoms with E-state index in [1.807, 2.05) is 13.0 Å². The van der Waals surface area contributed by atoms with E-state index in [1.165, 1.54) is 12.8 Å². The van der Waals surface area contributed by atoms with E-state index in [9.17, 15) is 4.79 Å². The Morgan fingerprint density at radius 2 is 2.30 bits per heavy atom. The SMILES string of the molecule is CCNC(=O)c1ccc(N)cc1NCC1CCCN1C. The molecule has 1 amide bonds. The van der Waals surface area contributed by atoms with Crippen molar-refractivity contribution < 1.29 is 4.79 Å². The van der Waals surface area contributed by atoms with E-state index >= 15 is 0 Å². The first kappa shape index (κ1) is 14.7. The molecule has 0 aliphatic carbocycles. The fraction of sp³-hybridized carbons (Fsp3) is 0.533. The molecule has 1 aliphatic heterocycles. The third-order valence-electron chi connectivity index (χ3n) is 3.83. The van der Waals surface area contributed by atoms with Crippen molar-refractivity contribution in [3.63, 3.8) is 0 Å². The molecule has 0 saturated carbocycles. The predicted octanol–water partition coefficient (Wildman–Crippen LogP) is 1.52. The Bertz CT molecular complexity index is 475. The molecule has 5 heteroatoms. The van der Waals surface area contributed by atoms with Crippen molar-refractivity contribution in [2.24, 2.45) is 0 Å². The van der Waals surface area contributed by atoms with Crippen molar-refractivity contribution >= 4 is 17.3 Å². The lowest BCUT2D eigenvalue weighted by molar-refractivity contribution is 0.0956. The molecule has 0 aromatic heterocycles. The van der Waals surface area contributed by atoms with Gasteiger partial charge in [0.1, 0.15) is 0 Å². The zero-order valence-electron chi connectivity index (χ0n) is 12.3. The van der Waals surface area contributed by atoms with E-state index in [-0.39, 0.29) is 5.91 Å². The fourth-order valence-electron chi connectivity index (χ4n) is 2.63. The number of carbonyl (C=O) groups is 1. The van der Waals surface area contributed by atoms with Gasteiger partial charge < -0.3 is 21.3 Å². The van der Waals surface area contributed by atoms with Crippen LogP contribution in [0.2, 0.25) is 0 Å². The molecule has 4 N–H and O–H groups in total. The highest BCUT2D eigenvalue weighted by molar-refractivity contribution is 6.00. The van der Waals surface area contributed by atoms with Crippen LogP contribution in [-0.2, 0) is 0 Å². The highest BCUT2D eigenvalue weighted by Crippen LogP contribution is 2.21. The molecule has 0 spiro atoms. The normalized spacial score (nSPS) is 19.0. The molecule has 20 heavy (non-hydrogen) atoms. The van der Waals surface area contributed by atoms with Crippen molar-refractivity contribution in [3.8, 4) is 0 Å². The van der Waals surface area contributed by atoms with Crippen LogP contribution < -0.4 is 16.4 Å². The second-order valence-corrected chi connectivity index (χ2v) is 5.32. The average Bonchev–Trinajstić information content (AvgIpc) is 2.82. The number of likely N-dealkylation sites (tertiary alicyclic amines) is 1. The minimum absolute atomic E-state index is 0.0604. The summed E-state index contributed by atoms with van der Waals surface area (Å²) < 4.78 is 0. The summed E-state index contributed by atoms with van der Waals surface area (Å²) >= 11 is 0. The van der Waals surface area contributed by atoms with Crippen molar-refractivity contribution in [3.05, 3.63) is 23.8 Å². The van der Waals surface area contributed by atoms with Crippen molar-refractivity contribution in [1.82, 2.24) is 10.2 Å². The van der Waals surface area contributed by atoms with E-state index in [0.717, 1.165) is 18.8 Å². The summed E-state index contributed by atoms with van der Waals surface area (Å²) in [5.41, 5.74) is 7.97. The number of likely N-dealkylation sites (N-methyl/N-ethyl adjacent to an activating group) is 1. The smallest absolute Gasteiger partial charge is 0.253 e. The van der Waals surface area contributed by atoms with Crippen LogP contribution in [0.5, 0.6) is 0 Å². The predicted molar refractivity (Wildman–Crippen MR) is 83.0 cm³/mol. The van der Waals surface area contributed by atoms with Crippen LogP contribution in [0.4, 0.5) is 11.4 Å². The van der Waals surface area contributed by atoms with Gasteiger partial charge in [-0.1, -0.05) is 0 Å². The number of rotatable bonds is 5. The molecule has 1 fully saturated rings. The molecule has 1 saturated heterocycles. The number of nitrogens with one attached hydrogen (secondary N) is 2. The Labute approximate surface area is 120 Å². The zero-order chi connectivity index (χ0) is 14.5. The molecule has 0 radical (unpaired) electrons. The van der Waals surface area contributed by atoms with Gasteiger partial charge in [0.2, 0.25) is 0 Å². The Kier molecular flexibility index (Phi) is 4.84. The minimum atomic E-state index is -0.0604. The summed E-state index contributed by atoms with van der Waals surface area (Å²) in [5, 5.41) is 6.21. The third kappa shape index (κ3) is 3.42. The van der Waals surface area contributed by atoms with Gasteiger partial charge in [-0.3, -0.25) is 4.79 Å². The third-order valence-corrected chi connectivity index (χ3v) is 3.83. The van der Waals surface area contributed by atoms with Gasteiger partial charge in [0.05, 0.1) is 5.56 Å². The molecular formula is C15H24N4O. The van der Waals surface area contributed by atoms with Crippen LogP contribution in [0.1, 0.15) is 30.1 Å². The first-order chi connectivity index (χ1) is 9.61. The van der Waals surface area contributed by atoms with E-state index < -0.39 is 0 Å². The van der Waals surface area contributed by atoms with Crippen LogP contribution in [-0.4, -0.2) is 43.5 Å². The zero-order valence-corrected chi connectivity index (χ0v) is 12.3. The number of hydrogen-bond donors (Lipinski definition) is 3. The van der Waals surface area contributed by atoms with Gasteiger partial charge in [0.25, 0.3) is 5.91 Å². The van der Waals surface area contributed by atoms with Crippen LogP contribution in [0, 0.1) is 0 Å². The van der Waals surface area contributed by atoms with E-state index in [2.05, 4.69) is 22.6 Å². The maximum atomic E-state index is 12.0. The molecule has 1 unspecified atom stereocenters. The van der Waals surface area contributed by atoms with Crippen molar-refractivity contribution in [2.75, 3.05) is 37.7 Å². The van der Waals surface area contributed by atoms with Crippen LogP contribution >= 0.6 is 0 Å². The van der Waals surface area contributed by atoms with Crippen molar-refractivity contribution in [2.45, 2.75) is 25.8 Å². The Balaban J connectivity index is 2.08. The largest absolute Gasteiger partial charge is 0.399 e. The van der Waals surface area contributed by atoms with Gasteiger partial charge in [-0.15, -0.1) is 0 Å². The number of nitrogens with two attached hydrogens (primary N) is 1. The Hall–Kier alpha value is -1.75. The maximum Gasteiger partial charge on any atom is 0.253 e. The minimum Gasteiger partial charge on any atom is -0.399 e. The molecule has 1 aromatic rings. The molecule has 0 bridgehead atoms. The van der Waals surface area contributed by atoms with Gasteiger partial charge in [0, 0.05) is 30.5 Å². The molecule has 1 aromatic carbocycles. The number of nitrogen functional groups attached to an aromatic ring is 1. The highest BCUT2D eigenvalue weighted by Gasteiger charge is 2.21. The molecule has 110 valence electrons. The van der Waals surface area contributed by atoms with E-state index in [1.54, 1.807) is 12.1 Å². The van der Waals surface area contributed by atoms with E-state index in [0.29, 0.717) is 23.8 Å². The number of amides is 1. The molecule has 5 nitrogen and oxygen atoms in total. The summed E-state index contributed by atoms with van der Waals surface area (Å²) in [6.07, 6.45) is 2.44. The number of anilines is 2. The highest BCUT2D eigenvalue weighted by atomic mass is 16.1. The number of hydrogen-bond acceptors (Lipinski definition) is 4. The molecule has 2 rings (SSSR count). The summed E-state index contributed by atoms with van der Waals surface area (Å²) in [6, 6.07) is 5.90. The summed E-state index contributed by atoms with van der Waals surface area (Å²) in [6.45, 7) is 4.52. The number of carbonyl (C=O) groups excluding carboxylic acids is 1. The molecule has 1 atom stereocenters. The first-order valence-electron chi connectivity index (χ1n) is 7.23. The van der Waals surface area contributed by atoms with Crippen LogP contribution in [0.25, 0.3) is 0 Å². The lowest BCUT2D eigenvalue weighted by atomic mass is 10.1. The van der Waals surface area contributed by atoms with Crippen LogP contribution in [0.15, 0.2) is 18.2 Å². The second-order valence-electron chi connectivity index (χ2n) is 5.32. The molecular weight excluding hydrogens is 252 g/mol. The summed E-state index contributed by atoms with van der Waals surface area (Å²) in [5.74, 6) is -0.0604. The summed E-state index contributed by atoms with van der Waals surface area (Å²) in [7, 11) is 2.14. The van der Waals surface area contributed by atoms with E-state index in [4.69, 9.17) is 5.73 Å². The van der Waals surface area contributed by atoms with Crippen molar-refractivity contribution in [1.29, 1.82) is 0 Å². The molecule has 1 heterocycles. The lowest BCUT2D eigenvalue weighted by Gasteiger charge is -2.21. The van der Waals surface area contributed by atoms with Gasteiger partial charge >= 0.3 is 0 Å². The Morgan fingerprint density at radius 3 is 2.95 bits per heavy atom. The van der Waals surface area contributed by atoms with Gasteiger partial charge in [-0.2, -0.15) is 0 Å². The van der Waals surface area contributed by atoms with Gasteiger partial charge in [0.15, 0.2) is 0 Å². The first-order valence-corrected chi connectivity index (χ1v) is 7.23. The Morgan fingerprint density at radius 1 is 1.50 bits per heavy atom. The monoisotopic (exact) mass is 276 g/mol. The van der Waals surface area contributed by atoms with Crippen LogP contribution in [0.3, 0.4) is 0 Å². The molecule has 1 aliphatic rings. The quantitative estimate of drug-likeness (QED) is 0.713. The lowest BCUT2D eigenvalue weighted by Crippen LogP contribution is -2.32. The maximum absolute atomic E-state index is 12.0. The summed E-state index contributed by atoms with van der Waals surface area (Å²) in [4.78, 5) is 14.4. The second kappa shape index (κ2) is 6.61. The topological polar surface area (TPSA) is 70.4 Å². The number of nitrogens with zero attached hydrogens (tertiary/aromatic N) is 1.